The highest BCUT2D eigenvalue weighted by Crippen LogP contribution is 2.20. The molecule has 0 atom stereocenters. The van der Waals surface area contributed by atoms with Crippen molar-refractivity contribution in [2.24, 2.45) is 0 Å². The molecule has 116 valence electrons. The van der Waals surface area contributed by atoms with Gasteiger partial charge in [-0.15, -0.1) is 0 Å². The van der Waals surface area contributed by atoms with Crippen molar-refractivity contribution in [3.05, 3.63) is 65.5 Å². The van der Waals surface area contributed by atoms with Gasteiger partial charge in [-0.25, -0.2) is 4.39 Å². The second-order valence-corrected chi connectivity index (χ2v) is 4.53. The summed E-state index contributed by atoms with van der Waals surface area (Å²) < 4.78 is 18.9. The largest absolute Gasteiger partial charge is 0.394 e. The Kier molecular flexibility index (Phi) is 5.60. The van der Waals surface area contributed by atoms with Crippen LogP contribution in [0.25, 0.3) is 0 Å². The van der Waals surface area contributed by atoms with Gasteiger partial charge in [0, 0.05) is 17.2 Å². The van der Waals surface area contributed by atoms with Crippen LogP contribution in [0.15, 0.2) is 48.5 Å². The van der Waals surface area contributed by atoms with E-state index in [2.05, 4.69) is 0 Å². The molecule has 0 radical (unpaired) electrons. The lowest BCUT2D eigenvalue weighted by Gasteiger charge is -2.16. The van der Waals surface area contributed by atoms with Crippen LogP contribution in [0.2, 0.25) is 0 Å². The zero-order valence-electron chi connectivity index (χ0n) is 11.8. The van der Waals surface area contributed by atoms with Gasteiger partial charge in [0.15, 0.2) is 0 Å². The van der Waals surface area contributed by atoms with E-state index in [0.29, 0.717) is 10.6 Å². The topological polar surface area (TPSA) is 70.0 Å². The number of benzene rings is 2. The zero-order valence-corrected chi connectivity index (χ0v) is 11.8. The first-order chi connectivity index (χ1) is 10.6. The van der Waals surface area contributed by atoms with Crippen LogP contribution in [0.4, 0.5) is 10.1 Å². The van der Waals surface area contributed by atoms with Crippen molar-refractivity contribution in [3.63, 3.8) is 0 Å². The lowest BCUT2D eigenvalue weighted by molar-refractivity contribution is 0.0798. The number of rotatable bonds is 6. The summed E-state index contributed by atoms with van der Waals surface area (Å²) in [5.74, 6) is -1.25. The first kappa shape index (κ1) is 16.1. The Bertz CT molecular complexity index is 633. The van der Waals surface area contributed by atoms with E-state index in [-0.39, 0.29) is 31.1 Å². The Morgan fingerprint density at radius 2 is 1.91 bits per heavy atom. The predicted octanol–water partition coefficient (Wildman–Crippen LogP) is 2.37. The number of nitrogens with zero attached hydrogens (tertiary/aromatic N) is 1. The number of aliphatic hydroxyl groups excluding tert-OH is 1. The van der Waals surface area contributed by atoms with E-state index < -0.39 is 11.7 Å². The van der Waals surface area contributed by atoms with Gasteiger partial charge in [0.25, 0.3) is 5.91 Å². The second-order valence-electron chi connectivity index (χ2n) is 4.53. The van der Waals surface area contributed by atoms with Crippen molar-refractivity contribution in [2.45, 2.75) is 6.61 Å². The number of halogens is 1. The molecule has 0 aliphatic rings. The Morgan fingerprint density at radius 3 is 2.55 bits per heavy atom. The van der Waals surface area contributed by atoms with Crippen LogP contribution in [-0.2, 0) is 11.3 Å². The first-order valence-corrected chi connectivity index (χ1v) is 6.69. The number of carbonyl (C=O) groups is 1. The van der Waals surface area contributed by atoms with Crippen molar-refractivity contribution in [2.75, 3.05) is 18.3 Å². The van der Waals surface area contributed by atoms with Crippen LogP contribution in [0.1, 0.15) is 15.9 Å². The number of ether oxygens (including phenoxy) is 1. The number of hydroxylamine groups is 1. The van der Waals surface area contributed by atoms with Crippen molar-refractivity contribution < 1.29 is 24.2 Å². The summed E-state index contributed by atoms with van der Waals surface area (Å²) >= 11 is 0. The Labute approximate surface area is 127 Å². The van der Waals surface area contributed by atoms with Crippen LogP contribution in [0.5, 0.6) is 0 Å². The number of amides is 1. The van der Waals surface area contributed by atoms with Gasteiger partial charge in [0.2, 0.25) is 0 Å². The maximum absolute atomic E-state index is 13.9. The molecule has 2 aromatic carbocycles. The minimum atomic E-state index is -0.649. The molecule has 2 aromatic rings. The Morgan fingerprint density at radius 1 is 1.18 bits per heavy atom. The smallest absolute Gasteiger partial charge is 0.281 e. The summed E-state index contributed by atoms with van der Waals surface area (Å²) in [5.41, 5.74) is 0.593. The molecule has 0 spiro atoms. The monoisotopic (exact) mass is 305 g/mol. The van der Waals surface area contributed by atoms with E-state index >= 15 is 0 Å². The van der Waals surface area contributed by atoms with Crippen LogP contribution < -0.4 is 5.06 Å². The Hall–Kier alpha value is -2.28. The minimum Gasteiger partial charge on any atom is -0.394 e. The molecule has 0 aliphatic carbocycles. The SMILES string of the molecule is O=C(c1ccccc1)N(O)c1ccc(COCCO)c(F)c1. The summed E-state index contributed by atoms with van der Waals surface area (Å²) in [5, 5.41) is 18.9. The normalized spacial score (nSPS) is 10.5. The lowest BCUT2D eigenvalue weighted by Crippen LogP contribution is -2.27. The molecule has 22 heavy (non-hydrogen) atoms. The maximum Gasteiger partial charge on any atom is 0.281 e. The fraction of sp³-hybridized carbons (Fsp3) is 0.188. The Balaban J connectivity index is 2.12. The van der Waals surface area contributed by atoms with Crippen molar-refractivity contribution in [3.8, 4) is 0 Å². The molecule has 0 aromatic heterocycles. The second kappa shape index (κ2) is 7.65. The molecule has 0 bridgehead atoms. The molecule has 2 N–H and O–H groups in total. The summed E-state index contributed by atoms with van der Waals surface area (Å²) in [6, 6.07) is 12.1. The molecular formula is C16H16FNO4. The van der Waals surface area contributed by atoms with Crippen LogP contribution in [0, 0.1) is 5.82 Å². The van der Waals surface area contributed by atoms with E-state index in [4.69, 9.17) is 9.84 Å². The summed E-state index contributed by atoms with van der Waals surface area (Å²) in [7, 11) is 0. The summed E-state index contributed by atoms with van der Waals surface area (Å²) in [4.78, 5) is 12.1. The van der Waals surface area contributed by atoms with E-state index in [9.17, 15) is 14.4 Å². The number of anilines is 1. The van der Waals surface area contributed by atoms with Crippen LogP contribution in [0.3, 0.4) is 0 Å². The molecule has 0 heterocycles. The number of hydrogen-bond acceptors (Lipinski definition) is 4. The number of carbonyl (C=O) groups excluding carboxylic acids is 1. The molecular weight excluding hydrogens is 289 g/mol. The molecule has 1 amide bonds. The molecule has 0 saturated heterocycles. The van der Waals surface area contributed by atoms with Gasteiger partial charge in [-0.1, -0.05) is 24.3 Å². The third-order valence-corrected chi connectivity index (χ3v) is 2.99. The van der Waals surface area contributed by atoms with Gasteiger partial charge in [-0.3, -0.25) is 10.0 Å². The third kappa shape index (κ3) is 3.88. The first-order valence-electron chi connectivity index (χ1n) is 6.69. The highest BCUT2D eigenvalue weighted by molar-refractivity contribution is 6.04. The summed E-state index contributed by atoms with van der Waals surface area (Å²) in [6.07, 6.45) is 0. The van der Waals surface area contributed by atoms with E-state index in [1.807, 2.05) is 0 Å². The average Bonchev–Trinajstić information content (AvgIpc) is 2.56. The summed E-state index contributed by atoms with van der Waals surface area (Å²) in [6.45, 7) is -0.0275. The van der Waals surface area contributed by atoms with Crippen molar-refractivity contribution in [1.29, 1.82) is 0 Å². The van der Waals surface area contributed by atoms with Gasteiger partial charge in [-0.05, 0) is 18.2 Å². The van der Waals surface area contributed by atoms with Crippen LogP contribution >= 0.6 is 0 Å². The van der Waals surface area contributed by atoms with Gasteiger partial charge >= 0.3 is 0 Å². The quantitative estimate of drug-likeness (QED) is 0.488. The van der Waals surface area contributed by atoms with Crippen molar-refractivity contribution >= 4 is 11.6 Å². The lowest BCUT2D eigenvalue weighted by atomic mass is 10.1. The minimum absolute atomic E-state index is 0.00470. The highest BCUT2D eigenvalue weighted by atomic mass is 19.1. The predicted molar refractivity (Wildman–Crippen MR) is 78.2 cm³/mol. The van der Waals surface area contributed by atoms with E-state index in [0.717, 1.165) is 6.07 Å². The molecule has 0 aliphatic heterocycles. The number of hydrogen-bond donors (Lipinski definition) is 2. The van der Waals surface area contributed by atoms with Crippen molar-refractivity contribution in [1.82, 2.24) is 0 Å². The molecule has 0 fully saturated rings. The maximum atomic E-state index is 13.9. The molecule has 0 saturated carbocycles. The number of aliphatic hydroxyl groups is 1. The fourth-order valence-corrected chi connectivity index (χ4v) is 1.85. The van der Waals surface area contributed by atoms with E-state index in [1.54, 1.807) is 30.3 Å². The highest BCUT2D eigenvalue weighted by Gasteiger charge is 2.16. The van der Waals surface area contributed by atoms with Crippen LogP contribution in [-0.4, -0.2) is 29.4 Å². The molecule has 5 nitrogen and oxygen atoms in total. The third-order valence-electron chi connectivity index (χ3n) is 2.99. The zero-order chi connectivity index (χ0) is 15.9. The fourth-order valence-electron chi connectivity index (χ4n) is 1.85. The molecule has 0 unspecified atom stereocenters. The average molecular weight is 305 g/mol. The van der Waals surface area contributed by atoms with Gasteiger partial charge in [-0.2, -0.15) is 5.06 Å². The standard InChI is InChI=1S/C16H16FNO4/c17-15-10-14(7-6-13(15)11-22-9-8-19)18(21)16(20)12-4-2-1-3-5-12/h1-7,10,19,21H,8-9,11H2. The molecule has 6 heteroatoms. The van der Waals surface area contributed by atoms with E-state index in [1.165, 1.54) is 12.1 Å². The van der Waals surface area contributed by atoms with Gasteiger partial charge < -0.3 is 9.84 Å². The molecule has 2 rings (SSSR count). The van der Waals surface area contributed by atoms with Gasteiger partial charge in [0.05, 0.1) is 25.5 Å². The van der Waals surface area contributed by atoms with Gasteiger partial charge in [0.1, 0.15) is 5.82 Å².